The minimum Gasteiger partial charge on any atom is -0.395 e. The molecular weight excluding hydrogens is 270 g/mol. The van der Waals surface area contributed by atoms with Crippen molar-refractivity contribution < 1.29 is 23.5 Å². The molecule has 2 amide bonds. The topological polar surface area (TPSA) is 69.6 Å². The zero-order valence-electron chi connectivity index (χ0n) is 10.6. The molecule has 5 nitrogen and oxygen atoms in total. The van der Waals surface area contributed by atoms with Crippen molar-refractivity contribution in [1.29, 1.82) is 0 Å². The second-order valence-corrected chi connectivity index (χ2v) is 4.26. The van der Waals surface area contributed by atoms with E-state index in [4.69, 9.17) is 5.11 Å². The van der Waals surface area contributed by atoms with E-state index in [1.54, 1.807) is 0 Å². The Labute approximate surface area is 113 Å². The minimum absolute atomic E-state index is 0.137. The maximum Gasteiger partial charge on any atom is 0.277 e. The van der Waals surface area contributed by atoms with Crippen molar-refractivity contribution in [3.05, 3.63) is 41.1 Å². The lowest BCUT2D eigenvalue weighted by molar-refractivity contribution is -0.137. The van der Waals surface area contributed by atoms with Crippen LogP contribution in [0.15, 0.2) is 23.9 Å². The summed E-state index contributed by atoms with van der Waals surface area (Å²) in [5.74, 6) is -3.43. The first-order valence-corrected chi connectivity index (χ1v) is 5.85. The largest absolute Gasteiger partial charge is 0.395 e. The molecule has 0 aromatic heterocycles. The number of hydrogen-bond donors (Lipinski definition) is 2. The molecule has 0 aliphatic carbocycles. The molecule has 0 saturated carbocycles. The normalized spacial score (nSPS) is 14.8. The molecule has 1 aromatic rings. The van der Waals surface area contributed by atoms with Gasteiger partial charge in [-0.3, -0.25) is 14.5 Å². The van der Waals surface area contributed by atoms with Gasteiger partial charge in [0.25, 0.3) is 11.8 Å². The number of rotatable bonds is 4. The molecule has 1 heterocycles. The summed E-state index contributed by atoms with van der Waals surface area (Å²) < 4.78 is 27.1. The van der Waals surface area contributed by atoms with Crippen molar-refractivity contribution >= 4 is 17.5 Å². The second-order valence-electron chi connectivity index (χ2n) is 4.26. The lowest BCUT2D eigenvalue weighted by Crippen LogP contribution is -2.34. The summed E-state index contributed by atoms with van der Waals surface area (Å²) in [7, 11) is 0. The fraction of sp³-hybridized carbons (Fsp3) is 0.231. The van der Waals surface area contributed by atoms with Gasteiger partial charge in [-0.15, -0.1) is 0 Å². The van der Waals surface area contributed by atoms with Crippen molar-refractivity contribution in [3.8, 4) is 0 Å². The number of nitrogens with zero attached hydrogens (tertiary/aromatic N) is 1. The third-order valence-corrected chi connectivity index (χ3v) is 2.88. The summed E-state index contributed by atoms with van der Waals surface area (Å²) in [6, 6.07) is 2.63. The van der Waals surface area contributed by atoms with Gasteiger partial charge in [0.05, 0.1) is 18.8 Å². The molecule has 0 bridgehead atoms. The van der Waals surface area contributed by atoms with Gasteiger partial charge in [0.2, 0.25) is 0 Å². The number of carbonyl (C=O) groups is 2. The summed E-state index contributed by atoms with van der Waals surface area (Å²) in [5.41, 5.74) is -0.255. The standard InChI is InChI=1S/C13H12F2N2O3/c1-7-2-3-8(12(15)11(7)14)16-9-6-10(19)17(4-5-18)13(9)20/h2-3,6,16,18H,4-5H2,1H3. The minimum atomic E-state index is -1.12. The highest BCUT2D eigenvalue weighted by Gasteiger charge is 2.31. The molecule has 0 spiro atoms. The van der Waals surface area contributed by atoms with E-state index in [9.17, 15) is 18.4 Å². The van der Waals surface area contributed by atoms with Gasteiger partial charge in [-0.2, -0.15) is 0 Å². The summed E-state index contributed by atoms with van der Waals surface area (Å²) in [6.07, 6.45) is 0.981. The van der Waals surface area contributed by atoms with Crippen LogP contribution in [-0.4, -0.2) is 35.0 Å². The maximum absolute atomic E-state index is 13.7. The molecule has 7 heteroatoms. The molecule has 0 saturated heterocycles. The molecule has 0 radical (unpaired) electrons. The number of halogens is 2. The van der Waals surface area contributed by atoms with Crippen LogP contribution in [0.4, 0.5) is 14.5 Å². The molecule has 2 rings (SSSR count). The Hall–Kier alpha value is -2.28. The van der Waals surface area contributed by atoms with Gasteiger partial charge in [-0.1, -0.05) is 6.07 Å². The number of anilines is 1. The van der Waals surface area contributed by atoms with E-state index in [2.05, 4.69) is 5.32 Å². The third kappa shape index (κ3) is 2.39. The van der Waals surface area contributed by atoms with Crippen molar-refractivity contribution in [2.75, 3.05) is 18.5 Å². The SMILES string of the molecule is Cc1ccc(NC2=CC(=O)N(CCO)C2=O)c(F)c1F. The lowest BCUT2D eigenvalue weighted by atomic mass is 10.2. The Morgan fingerprint density at radius 2 is 1.95 bits per heavy atom. The number of benzene rings is 1. The molecule has 0 unspecified atom stereocenters. The molecule has 0 atom stereocenters. The Balaban J connectivity index is 2.24. The van der Waals surface area contributed by atoms with Crippen LogP contribution in [0.25, 0.3) is 0 Å². The summed E-state index contributed by atoms with van der Waals surface area (Å²) in [4.78, 5) is 24.1. The summed E-state index contributed by atoms with van der Waals surface area (Å²) >= 11 is 0. The molecule has 106 valence electrons. The smallest absolute Gasteiger partial charge is 0.277 e. The van der Waals surface area contributed by atoms with Crippen LogP contribution in [0.3, 0.4) is 0 Å². The van der Waals surface area contributed by atoms with E-state index >= 15 is 0 Å². The van der Waals surface area contributed by atoms with Gasteiger partial charge in [-0.25, -0.2) is 8.78 Å². The number of amides is 2. The van der Waals surface area contributed by atoms with Crippen LogP contribution in [0, 0.1) is 18.6 Å². The molecule has 1 aliphatic heterocycles. The van der Waals surface area contributed by atoms with Gasteiger partial charge in [0, 0.05) is 6.08 Å². The monoisotopic (exact) mass is 282 g/mol. The van der Waals surface area contributed by atoms with Crippen LogP contribution >= 0.6 is 0 Å². The number of β-amino-alcohol motifs (C(OH)–C–C–N with tert-alkyl or cyclic N) is 1. The Morgan fingerprint density at radius 1 is 1.25 bits per heavy atom. The van der Waals surface area contributed by atoms with Gasteiger partial charge < -0.3 is 10.4 Å². The van der Waals surface area contributed by atoms with E-state index in [-0.39, 0.29) is 30.1 Å². The van der Waals surface area contributed by atoms with Crippen molar-refractivity contribution in [2.24, 2.45) is 0 Å². The number of aryl methyl sites for hydroxylation is 1. The average Bonchev–Trinajstić information content (AvgIpc) is 2.67. The van der Waals surface area contributed by atoms with Crippen LogP contribution in [-0.2, 0) is 9.59 Å². The van der Waals surface area contributed by atoms with Crippen molar-refractivity contribution in [1.82, 2.24) is 4.90 Å². The number of nitrogens with one attached hydrogen (secondary N) is 1. The average molecular weight is 282 g/mol. The molecule has 2 N–H and O–H groups in total. The maximum atomic E-state index is 13.7. The number of aliphatic hydroxyl groups is 1. The Morgan fingerprint density at radius 3 is 2.60 bits per heavy atom. The van der Waals surface area contributed by atoms with E-state index in [0.29, 0.717) is 0 Å². The van der Waals surface area contributed by atoms with Crippen LogP contribution in [0.5, 0.6) is 0 Å². The predicted molar refractivity (Wildman–Crippen MR) is 66.6 cm³/mol. The van der Waals surface area contributed by atoms with Crippen LogP contribution in [0.1, 0.15) is 5.56 Å². The zero-order chi connectivity index (χ0) is 14.9. The number of hydrogen-bond acceptors (Lipinski definition) is 4. The van der Waals surface area contributed by atoms with E-state index in [1.807, 2.05) is 0 Å². The van der Waals surface area contributed by atoms with E-state index in [0.717, 1.165) is 11.0 Å². The molecule has 20 heavy (non-hydrogen) atoms. The first-order chi connectivity index (χ1) is 9.45. The molecular formula is C13H12F2N2O3. The van der Waals surface area contributed by atoms with E-state index in [1.165, 1.54) is 19.1 Å². The molecule has 0 fully saturated rings. The highest BCUT2D eigenvalue weighted by atomic mass is 19.2. The Bertz CT molecular complexity index is 614. The highest BCUT2D eigenvalue weighted by molar-refractivity contribution is 6.17. The number of imide groups is 1. The number of aliphatic hydroxyl groups excluding tert-OH is 1. The van der Waals surface area contributed by atoms with Crippen molar-refractivity contribution in [2.45, 2.75) is 6.92 Å². The summed E-state index contributed by atoms with van der Waals surface area (Å²) in [5, 5.41) is 11.1. The van der Waals surface area contributed by atoms with E-state index < -0.39 is 23.4 Å². The lowest BCUT2D eigenvalue weighted by Gasteiger charge is -2.14. The summed E-state index contributed by atoms with van der Waals surface area (Å²) in [6.45, 7) is 0.894. The second kappa shape index (κ2) is 5.38. The van der Waals surface area contributed by atoms with Gasteiger partial charge in [0.15, 0.2) is 11.6 Å². The first kappa shape index (κ1) is 14.1. The quantitative estimate of drug-likeness (QED) is 0.806. The molecule has 1 aliphatic rings. The molecule has 1 aromatic carbocycles. The fourth-order valence-electron chi connectivity index (χ4n) is 1.80. The number of carbonyl (C=O) groups excluding carboxylic acids is 2. The van der Waals surface area contributed by atoms with Crippen molar-refractivity contribution in [3.63, 3.8) is 0 Å². The predicted octanol–water partition coefficient (Wildman–Crippen LogP) is 0.930. The van der Waals surface area contributed by atoms with Crippen LogP contribution < -0.4 is 5.32 Å². The fourth-order valence-corrected chi connectivity index (χ4v) is 1.80. The van der Waals surface area contributed by atoms with Crippen LogP contribution in [0.2, 0.25) is 0 Å². The third-order valence-electron chi connectivity index (χ3n) is 2.88. The van der Waals surface area contributed by atoms with Gasteiger partial charge in [0.1, 0.15) is 5.70 Å². The highest BCUT2D eigenvalue weighted by Crippen LogP contribution is 2.23. The van der Waals surface area contributed by atoms with Gasteiger partial charge >= 0.3 is 0 Å². The zero-order valence-corrected chi connectivity index (χ0v) is 10.6. The van der Waals surface area contributed by atoms with Gasteiger partial charge in [-0.05, 0) is 18.6 Å². The Kier molecular flexibility index (Phi) is 3.80. The first-order valence-electron chi connectivity index (χ1n) is 5.85.